The van der Waals surface area contributed by atoms with E-state index in [1.54, 1.807) is 0 Å². The van der Waals surface area contributed by atoms with E-state index in [1.165, 1.54) is 30.5 Å². The SMILES string of the molecule is CC1CCC2(CC1)NC(=O)N(/N=C\c1ccc(OC(F)F)cc1)C2=O. The van der Waals surface area contributed by atoms with Gasteiger partial charge in [0.25, 0.3) is 5.91 Å². The summed E-state index contributed by atoms with van der Waals surface area (Å²) < 4.78 is 28.5. The van der Waals surface area contributed by atoms with Crippen LogP contribution in [0.1, 0.15) is 38.2 Å². The number of halogens is 2. The molecule has 1 heterocycles. The van der Waals surface area contributed by atoms with Gasteiger partial charge in [0.2, 0.25) is 0 Å². The van der Waals surface area contributed by atoms with Gasteiger partial charge < -0.3 is 10.1 Å². The zero-order valence-electron chi connectivity index (χ0n) is 13.7. The fourth-order valence-corrected chi connectivity index (χ4v) is 3.16. The summed E-state index contributed by atoms with van der Waals surface area (Å²) in [5.74, 6) is 0.234. The third-order valence-electron chi connectivity index (χ3n) is 4.70. The number of nitrogens with zero attached hydrogens (tertiary/aromatic N) is 2. The van der Waals surface area contributed by atoms with E-state index in [4.69, 9.17) is 0 Å². The highest BCUT2D eigenvalue weighted by atomic mass is 19.3. The van der Waals surface area contributed by atoms with Crippen molar-refractivity contribution in [1.29, 1.82) is 0 Å². The lowest BCUT2D eigenvalue weighted by molar-refractivity contribution is -0.132. The Hall–Kier alpha value is -2.51. The molecule has 25 heavy (non-hydrogen) atoms. The van der Waals surface area contributed by atoms with Crippen LogP contribution in [0.25, 0.3) is 0 Å². The smallest absolute Gasteiger partial charge is 0.387 e. The number of hydrogen-bond acceptors (Lipinski definition) is 4. The lowest BCUT2D eigenvalue weighted by atomic mass is 9.77. The molecule has 1 N–H and O–H groups in total. The fraction of sp³-hybridized carbons (Fsp3) is 0.471. The van der Waals surface area contributed by atoms with Gasteiger partial charge in [-0.3, -0.25) is 4.79 Å². The Morgan fingerprint density at radius 1 is 1.28 bits per heavy atom. The summed E-state index contributed by atoms with van der Waals surface area (Å²) in [5, 5.41) is 7.60. The van der Waals surface area contributed by atoms with Gasteiger partial charge in [0.05, 0.1) is 6.21 Å². The van der Waals surface area contributed by atoms with Crippen LogP contribution < -0.4 is 10.1 Å². The number of imide groups is 1. The first kappa shape index (κ1) is 17.3. The van der Waals surface area contributed by atoms with Crippen LogP contribution in [0.5, 0.6) is 5.75 Å². The predicted molar refractivity (Wildman–Crippen MR) is 86.4 cm³/mol. The molecule has 1 spiro atoms. The van der Waals surface area contributed by atoms with E-state index < -0.39 is 18.2 Å². The molecule has 1 aliphatic heterocycles. The average Bonchev–Trinajstić information content (AvgIpc) is 2.80. The van der Waals surface area contributed by atoms with Gasteiger partial charge in [-0.25, -0.2) is 4.79 Å². The van der Waals surface area contributed by atoms with E-state index >= 15 is 0 Å². The van der Waals surface area contributed by atoms with E-state index in [1.807, 2.05) is 0 Å². The van der Waals surface area contributed by atoms with Crippen LogP contribution in [0.4, 0.5) is 13.6 Å². The number of hydrogen-bond donors (Lipinski definition) is 1. The fourth-order valence-electron chi connectivity index (χ4n) is 3.16. The molecule has 8 heteroatoms. The quantitative estimate of drug-likeness (QED) is 0.669. The molecule has 6 nitrogen and oxygen atoms in total. The summed E-state index contributed by atoms with van der Waals surface area (Å²) in [6.07, 6.45) is 4.34. The van der Waals surface area contributed by atoms with E-state index in [-0.39, 0.29) is 11.7 Å². The number of carbonyl (C=O) groups excluding carboxylic acids is 2. The van der Waals surface area contributed by atoms with Gasteiger partial charge in [0, 0.05) is 0 Å². The first-order valence-corrected chi connectivity index (χ1v) is 8.15. The maximum atomic E-state index is 12.6. The number of amides is 3. The highest BCUT2D eigenvalue weighted by molar-refractivity contribution is 6.07. The molecule has 0 unspecified atom stereocenters. The molecule has 0 bridgehead atoms. The minimum absolute atomic E-state index is 0.0254. The zero-order chi connectivity index (χ0) is 18.0. The van der Waals surface area contributed by atoms with Gasteiger partial charge in [0.15, 0.2) is 0 Å². The second-order valence-corrected chi connectivity index (χ2v) is 6.50. The van der Waals surface area contributed by atoms with Crippen LogP contribution in [0.2, 0.25) is 0 Å². The van der Waals surface area contributed by atoms with Gasteiger partial charge in [-0.2, -0.15) is 13.9 Å². The van der Waals surface area contributed by atoms with Gasteiger partial charge in [0.1, 0.15) is 11.3 Å². The van der Waals surface area contributed by atoms with E-state index in [2.05, 4.69) is 22.1 Å². The predicted octanol–water partition coefficient (Wildman–Crippen LogP) is 3.12. The molecule has 1 aromatic rings. The molecular formula is C17H19F2N3O3. The molecule has 1 aromatic carbocycles. The number of carbonyl (C=O) groups is 2. The van der Waals surface area contributed by atoms with Crippen molar-refractivity contribution in [2.75, 3.05) is 0 Å². The molecule has 3 amide bonds. The van der Waals surface area contributed by atoms with Crippen molar-refractivity contribution in [3.8, 4) is 5.75 Å². The number of rotatable bonds is 4. The summed E-state index contributed by atoms with van der Waals surface area (Å²) in [6.45, 7) is -0.759. The highest BCUT2D eigenvalue weighted by Gasteiger charge is 2.52. The first-order chi connectivity index (χ1) is 11.9. The average molecular weight is 351 g/mol. The van der Waals surface area contributed by atoms with Crippen LogP contribution in [0, 0.1) is 5.92 Å². The van der Waals surface area contributed by atoms with Crippen molar-refractivity contribution < 1.29 is 23.1 Å². The minimum atomic E-state index is -2.89. The molecule has 2 aliphatic rings. The molecule has 1 saturated carbocycles. The van der Waals surface area contributed by atoms with Crippen LogP contribution in [0.3, 0.4) is 0 Å². The Labute approximate surface area is 143 Å². The summed E-state index contributed by atoms with van der Waals surface area (Å²) in [4.78, 5) is 24.7. The topological polar surface area (TPSA) is 71.0 Å². The third-order valence-corrected chi connectivity index (χ3v) is 4.70. The largest absolute Gasteiger partial charge is 0.435 e. The zero-order valence-corrected chi connectivity index (χ0v) is 13.7. The molecule has 0 radical (unpaired) electrons. The molecule has 134 valence electrons. The summed E-state index contributed by atoms with van der Waals surface area (Å²) in [6, 6.07) is 5.22. The molecule has 1 aliphatic carbocycles. The molecule has 0 aromatic heterocycles. The summed E-state index contributed by atoms with van der Waals surface area (Å²) >= 11 is 0. The molecule has 2 fully saturated rings. The van der Waals surface area contributed by atoms with Gasteiger partial charge in [-0.15, -0.1) is 5.01 Å². The van der Waals surface area contributed by atoms with E-state index in [9.17, 15) is 18.4 Å². The standard InChI is InChI=1S/C17H19F2N3O3/c1-11-6-8-17(9-7-11)14(23)22(16(24)21-17)20-10-12-2-4-13(5-3-12)25-15(18)19/h2-5,10-11,15H,6-9H2,1H3,(H,21,24)/b20-10-. The summed E-state index contributed by atoms with van der Waals surface area (Å²) in [5.41, 5.74) is -0.281. The lowest BCUT2D eigenvalue weighted by Crippen LogP contribution is -2.49. The van der Waals surface area contributed by atoms with E-state index in [0.717, 1.165) is 17.9 Å². The van der Waals surface area contributed by atoms with Crippen molar-refractivity contribution in [2.45, 2.75) is 44.8 Å². The Kier molecular flexibility index (Phi) is 4.69. The minimum Gasteiger partial charge on any atom is -0.435 e. The van der Waals surface area contributed by atoms with E-state index in [0.29, 0.717) is 24.3 Å². The second kappa shape index (κ2) is 6.78. The number of ether oxygens (including phenoxy) is 1. The normalized spacial score (nSPS) is 26.7. The lowest BCUT2D eigenvalue weighted by Gasteiger charge is -2.33. The molecular weight excluding hydrogens is 332 g/mol. The van der Waals surface area contributed by atoms with Crippen molar-refractivity contribution in [2.24, 2.45) is 11.0 Å². The first-order valence-electron chi connectivity index (χ1n) is 8.15. The number of benzene rings is 1. The Morgan fingerprint density at radius 3 is 2.52 bits per heavy atom. The van der Waals surface area contributed by atoms with Gasteiger partial charge in [-0.1, -0.05) is 6.92 Å². The van der Waals surface area contributed by atoms with Gasteiger partial charge in [-0.05, 0) is 61.4 Å². The third kappa shape index (κ3) is 3.62. The number of alkyl halides is 2. The maximum absolute atomic E-state index is 12.6. The van der Waals surface area contributed by atoms with Crippen molar-refractivity contribution in [3.63, 3.8) is 0 Å². The molecule has 3 rings (SSSR count). The Bertz CT molecular complexity index is 683. The van der Waals surface area contributed by atoms with Crippen LogP contribution in [-0.2, 0) is 4.79 Å². The van der Waals surface area contributed by atoms with Crippen molar-refractivity contribution in [3.05, 3.63) is 29.8 Å². The number of hydrazone groups is 1. The van der Waals surface area contributed by atoms with Crippen LogP contribution >= 0.6 is 0 Å². The number of urea groups is 1. The van der Waals surface area contributed by atoms with Crippen molar-refractivity contribution >= 4 is 18.2 Å². The number of nitrogens with one attached hydrogen (secondary N) is 1. The molecule has 0 atom stereocenters. The second-order valence-electron chi connectivity index (χ2n) is 6.50. The van der Waals surface area contributed by atoms with Crippen molar-refractivity contribution in [1.82, 2.24) is 10.3 Å². The van der Waals surface area contributed by atoms with Gasteiger partial charge >= 0.3 is 12.6 Å². The monoisotopic (exact) mass is 351 g/mol. The Morgan fingerprint density at radius 2 is 1.92 bits per heavy atom. The van der Waals surface area contributed by atoms with Crippen LogP contribution in [-0.4, -0.2) is 35.3 Å². The highest BCUT2D eigenvalue weighted by Crippen LogP contribution is 2.36. The Balaban J connectivity index is 1.69. The summed E-state index contributed by atoms with van der Waals surface area (Å²) in [7, 11) is 0. The maximum Gasteiger partial charge on any atom is 0.387 e. The molecule has 1 saturated heterocycles. The van der Waals surface area contributed by atoms with Crippen LogP contribution in [0.15, 0.2) is 29.4 Å².